The average molecular weight is 270 g/mol. The molecule has 0 amide bonds. The van der Waals surface area contributed by atoms with Crippen LogP contribution in [0.1, 0.15) is 12.5 Å². The van der Waals surface area contributed by atoms with E-state index in [-0.39, 0.29) is 11.9 Å². The summed E-state index contributed by atoms with van der Waals surface area (Å²) in [5, 5.41) is 2.93. The number of anilines is 1. The lowest BCUT2D eigenvalue weighted by Gasteiger charge is -2.16. The summed E-state index contributed by atoms with van der Waals surface area (Å²) in [5.74, 6) is 0.211. The molecule has 0 aliphatic carbocycles. The lowest BCUT2D eigenvalue weighted by atomic mass is 10.2. The molecule has 0 aromatic carbocycles. The number of alkyl halides is 3. The normalized spacial score (nSPS) is 13.3. The van der Waals surface area contributed by atoms with E-state index >= 15 is 0 Å². The third kappa shape index (κ3) is 3.70. The lowest BCUT2D eigenvalue weighted by molar-refractivity contribution is -0.137. The molecule has 1 N–H and O–H groups in total. The van der Waals surface area contributed by atoms with Crippen LogP contribution in [0.4, 0.5) is 19.0 Å². The van der Waals surface area contributed by atoms with Crippen LogP contribution in [0.3, 0.4) is 0 Å². The molecule has 102 valence electrons. The van der Waals surface area contributed by atoms with E-state index in [0.717, 1.165) is 18.3 Å². The van der Waals surface area contributed by atoms with Crippen LogP contribution in [0.25, 0.3) is 0 Å². The predicted octanol–water partition coefficient (Wildman–Crippen LogP) is 2.80. The summed E-state index contributed by atoms with van der Waals surface area (Å²) >= 11 is 0. The Balaban J connectivity index is 2.03. The first-order valence-corrected chi connectivity index (χ1v) is 5.70. The number of imidazole rings is 1. The second-order valence-electron chi connectivity index (χ2n) is 4.23. The third-order valence-electron chi connectivity index (χ3n) is 2.53. The number of rotatable bonds is 4. The van der Waals surface area contributed by atoms with Crippen molar-refractivity contribution in [2.75, 3.05) is 5.32 Å². The largest absolute Gasteiger partial charge is 0.416 e. The van der Waals surface area contributed by atoms with E-state index in [1.165, 1.54) is 0 Å². The molecule has 0 bridgehead atoms. The number of nitrogens with zero attached hydrogens (tertiary/aromatic N) is 3. The van der Waals surface area contributed by atoms with E-state index < -0.39 is 11.7 Å². The summed E-state index contributed by atoms with van der Waals surface area (Å²) in [6, 6.07) is 1.89. The minimum atomic E-state index is -4.35. The molecule has 0 aliphatic rings. The van der Waals surface area contributed by atoms with Crippen LogP contribution in [0.15, 0.2) is 37.1 Å². The first-order chi connectivity index (χ1) is 8.95. The van der Waals surface area contributed by atoms with Crippen LogP contribution in [-0.2, 0) is 12.7 Å². The van der Waals surface area contributed by atoms with Crippen molar-refractivity contribution in [1.29, 1.82) is 0 Å². The second kappa shape index (κ2) is 5.29. The van der Waals surface area contributed by atoms with Gasteiger partial charge in [0.15, 0.2) is 0 Å². The Kier molecular flexibility index (Phi) is 3.73. The van der Waals surface area contributed by atoms with Crippen molar-refractivity contribution >= 4 is 5.82 Å². The number of halogens is 3. The van der Waals surface area contributed by atoms with Crippen molar-refractivity contribution in [1.82, 2.24) is 14.5 Å². The second-order valence-corrected chi connectivity index (χ2v) is 4.23. The number of aromatic nitrogens is 3. The van der Waals surface area contributed by atoms with Crippen molar-refractivity contribution in [3.63, 3.8) is 0 Å². The molecule has 19 heavy (non-hydrogen) atoms. The van der Waals surface area contributed by atoms with Crippen LogP contribution in [-0.4, -0.2) is 20.6 Å². The maximum atomic E-state index is 12.5. The minimum Gasteiger partial charge on any atom is -0.366 e. The van der Waals surface area contributed by atoms with Gasteiger partial charge in [-0.15, -0.1) is 0 Å². The molecule has 0 saturated heterocycles. The maximum absolute atomic E-state index is 12.5. The summed E-state index contributed by atoms with van der Waals surface area (Å²) in [6.07, 6.45) is 1.88. The number of pyridine rings is 1. The van der Waals surface area contributed by atoms with Gasteiger partial charge in [-0.1, -0.05) is 0 Å². The van der Waals surface area contributed by atoms with Gasteiger partial charge >= 0.3 is 6.18 Å². The Morgan fingerprint density at radius 1 is 1.37 bits per heavy atom. The lowest BCUT2D eigenvalue weighted by Crippen LogP contribution is -2.22. The van der Waals surface area contributed by atoms with Crippen LogP contribution in [0.5, 0.6) is 0 Å². The van der Waals surface area contributed by atoms with Gasteiger partial charge < -0.3 is 9.88 Å². The fourth-order valence-electron chi connectivity index (χ4n) is 1.69. The summed E-state index contributed by atoms with van der Waals surface area (Å²) in [6.45, 7) is 2.46. The molecule has 0 aliphatic heterocycles. The molecule has 0 radical (unpaired) electrons. The quantitative estimate of drug-likeness (QED) is 0.929. The Morgan fingerprint density at radius 2 is 2.16 bits per heavy atom. The van der Waals surface area contributed by atoms with E-state index in [0.29, 0.717) is 6.54 Å². The summed E-state index contributed by atoms with van der Waals surface area (Å²) in [4.78, 5) is 7.79. The van der Waals surface area contributed by atoms with Gasteiger partial charge in [0.05, 0.1) is 11.9 Å². The van der Waals surface area contributed by atoms with E-state index in [9.17, 15) is 13.2 Å². The topological polar surface area (TPSA) is 42.7 Å². The highest BCUT2D eigenvalue weighted by Gasteiger charge is 2.30. The molecule has 0 spiro atoms. The van der Waals surface area contributed by atoms with Gasteiger partial charge in [-0.25, -0.2) is 9.97 Å². The summed E-state index contributed by atoms with van der Waals surface area (Å²) in [5.41, 5.74) is -0.708. The van der Waals surface area contributed by atoms with Crippen LogP contribution in [0, 0.1) is 0 Å². The Bertz CT molecular complexity index is 522. The minimum absolute atomic E-state index is 0.0646. The molecule has 2 heterocycles. The van der Waals surface area contributed by atoms with Gasteiger partial charge in [0.1, 0.15) is 5.82 Å². The molecule has 1 atom stereocenters. The number of nitrogens with one attached hydrogen (secondary N) is 1. The average Bonchev–Trinajstić information content (AvgIpc) is 2.80. The number of hydrogen-bond acceptors (Lipinski definition) is 3. The molecule has 7 heteroatoms. The monoisotopic (exact) mass is 270 g/mol. The van der Waals surface area contributed by atoms with E-state index in [2.05, 4.69) is 15.3 Å². The van der Waals surface area contributed by atoms with Gasteiger partial charge in [0.2, 0.25) is 0 Å². The fraction of sp³-hybridized carbons (Fsp3) is 0.333. The molecule has 1 unspecified atom stereocenters. The third-order valence-corrected chi connectivity index (χ3v) is 2.53. The van der Waals surface area contributed by atoms with Crippen molar-refractivity contribution in [2.24, 2.45) is 0 Å². The van der Waals surface area contributed by atoms with E-state index in [1.807, 2.05) is 11.5 Å². The Hall–Kier alpha value is -2.05. The first-order valence-electron chi connectivity index (χ1n) is 5.70. The summed E-state index contributed by atoms with van der Waals surface area (Å²) < 4.78 is 39.5. The number of hydrogen-bond donors (Lipinski definition) is 1. The summed E-state index contributed by atoms with van der Waals surface area (Å²) in [7, 11) is 0. The zero-order chi connectivity index (χ0) is 13.9. The van der Waals surface area contributed by atoms with Crippen molar-refractivity contribution in [2.45, 2.75) is 25.7 Å². The van der Waals surface area contributed by atoms with Gasteiger partial charge in [0, 0.05) is 31.2 Å². The molecule has 0 saturated carbocycles. The SMILES string of the molecule is CC(Cn1ccnc1)Nc1cc(C(F)(F)F)ccn1. The molecule has 2 rings (SSSR count). The zero-order valence-corrected chi connectivity index (χ0v) is 10.2. The van der Waals surface area contributed by atoms with Crippen molar-refractivity contribution in [3.8, 4) is 0 Å². The zero-order valence-electron chi connectivity index (χ0n) is 10.2. The van der Waals surface area contributed by atoms with Gasteiger partial charge in [-0.2, -0.15) is 13.2 Å². The molecule has 2 aromatic heterocycles. The molecule has 4 nitrogen and oxygen atoms in total. The van der Waals surface area contributed by atoms with Gasteiger partial charge in [0.25, 0.3) is 0 Å². The highest BCUT2D eigenvalue weighted by molar-refractivity contribution is 5.39. The van der Waals surface area contributed by atoms with E-state index in [1.54, 1.807) is 18.7 Å². The highest BCUT2D eigenvalue weighted by Crippen LogP contribution is 2.29. The Labute approximate surface area is 108 Å². The van der Waals surface area contributed by atoms with Gasteiger partial charge in [-0.05, 0) is 19.1 Å². The highest BCUT2D eigenvalue weighted by atomic mass is 19.4. The molecular formula is C12H13F3N4. The van der Waals surface area contributed by atoms with Crippen LogP contribution < -0.4 is 5.32 Å². The van der Waals surface area contributed by atoms with Gasteiger partial charge in [-0.3, -0.25) is 0 Å². The van der Waals surface area contributed by atoms with Crippen molar-refractivity contribution < 1.29 is 13.2 Å². The smallest absolute Gasteiger partial charge is 0.366 e. The predicted molar refractivity (Wildman–Crippen MR) is 64.6 cm³/mol. The standard InChI is InChI=1S/C12H13F3N4/c1-9(7-19-5-4-16-8-19)18-11-6-10(2-3-17-11)12(13,14)15/h2-6,8-9H,7H2,1H3,(H,17,18). The van der Waals surface area contributed by atoms with Crippen LogP contribution >= 0.6 is 0 Å². The van der Waals surface area contributed by atoms with E-state index in [4.69, 9.17) is 0 Å². The first kappa shape index (κ1) is 13.4. The molecular weight excluding hydrogens is 257 g/mol. The Morgan fingerprint density at radius 3 is 2.79 bits per heavy atom. The van der Waals surface area contributed by atoms with Crippen molar-refractivity contribution in [3.05, 3.63) is 42.6 Å². The molecule has 0 fully saturated rings. The van der Waals surface area contributed by atoms with Crippen LogP contribution in [0.2, 0.25) is 0 Å². The maximum Gasteiger partial charge on any atom is 0.416 e. The molecule has 2 aromatic rings. The fourth-order valence-corrected chi connectivity index (χ4v) is 1.69.